The normalized spacial score (nSPS) is 10.5. The number of nitrogens with zero attached hydrogens (tertiary/aromatic N) is 2. The maximum absolute atomic E-state index is 12.5. The van der Waals surface area contributed by atoms with E-state index in [1.165, 1.54) is 11.3 Å². The summed E-state index contributed by atoms with van der Waals surface area (Å²) in [4.78, 5) is 28.7. The largest absolute Gasteiger partial charge is 0.480 e. The summed E-state index contributed by atoms with van der Waals surface area (Å²) < 4.78 is 5.34. The van der Waals surface area contributed by atoms with Gasteiger partial charge in [0.1, 0.15) is 6.54 Å². The zero-order valence-electron chi connectivity index (χ0n) is 12.6. The summed E-state index contributed by atoms with van der Waals surface area (Å²) in [6, 6.07) is 7.50. The lowest BCUT2D eigenvalue weighted by Gasteiger charge is -2.19. The number of hydrogen-bond acceptors (Lipinski definition) is 4. The third-order valence-corrected chi connectivity index (χ3v) is 3.19. The number of carboxylic acids is 1. The first-order valence-corrected chi connectivity index (χ1v) is 7.04. The van der Waals surface area contributed by atoms with Gasteiger partial charge in [-0.05, 0) is 13.3 Å². The predicted octanol–water partition coefficient (Wildman–Crippen LogP) is 2.59. The first-order chi connectivity index (χ1) is 10.5. The summed E-state index contributed by atoms with van der Waals surface area (Å²) >= 11 is 0. The van der Waals surface area contributed by atoms with Crippen molar-refractivity contribution in [2.24, 2.45) is 0 Å². The number of oxazole rings is 1. The molecule has 0 saturated carbocycles. The van der Waals surface area contributed by atoms with Crippen LogP contribution < -0.4 is 0 Å². The number of carbonyl (C=O) groups is 2. The molecule has 0 unspecified atom stereocenters. The number of aryl methyl sites for hydroxylation is 1. The minimum Gasteiger partial charge on any atom is -0.480 e. The molecule has 116 valence electrons. The molecule has 6 nitrogen and oxygen atoms in total. The Morgan fingerprint density at radius 3 is 2.55 bits per heavy atom. The van der Waals surface area contributed by atoms with E-state index in [9.17, 15) is 9.59 Å². The molecule has 0 aliphatic heterocycles. The smallest absolute Gasteiger partial charge is 0.323 e. The molecule has 22 heavy (non-hydrogen) atoms. The molecule has 6 heteroatoms. The SMILES string of the molecule is CCCN(CC(=O)O)C(=O)c1ncoc1-c1ccc(C)cc1. The van der Waals surface area contributed by atoms with Gasteiger partial charge in [-0.25, -0.2) is 4.98 Å². The zero-order valence-corrected chi connectivity index (χ0v) is 12.6. The van der Waals surface area contributed by atoms with Gasteiger partial charge in [-0.3, -0.25) is 9.59 Å². The quantitative estimate of drug-likeness (QED) is 0.886. The van der Waals surface area contributed by atoms with E-state index < -0.39 is 11.9 Å². The summed E-state index contributed by atoms with van der Waals surface area (Å²) in [5.41, 5.74) is 1.96. The van der Waals surface area contributed by atoms with Gasteiger partial charge in [0.05, 0.1) is 0 Å². The molecule has 1 amide bonds. The Kier molecular flexibility index (Phi) is 4.93. The Morgan fingerprint density at radius 1 is 1.27 bits per heavy atom. The van der Waals surface area contributed by atoms with Crippen LogP contribution in [-0.4, -0.2) is 40.0 Å². The van der Waals surface area contributed by atoms with Crippen molar-refractivity contribution in [3.8, 4) is 11.3 Å². The van der Waals surface area contributed by atoms with Gasteiger partial charge in [-0.15, -0.1) is 0 Å². The van der Waals surface area contributed by atoms with Crippen LogP contribution in [0.3, 0.4) is 0 Å². The first kappa shape index (κ1) is 15.8. The van der Waals surface area contributed by atoms with E-state index in [0.717, 1.165) is 11.1 Å². The number of hydrogen-bond donors (Lipinski definition) is 1. The summed E-state index contributed by atoms with van der Waals surface area (Å²) in [5.74, 6) is -1.13. The van der Waals surface area contributed by atoms with Gasteiger partial charge < -0.3 is 14.4 Å². The number of amides is 1. The summed E-state index contributed by atoms with van der Waals surface area (Å²) in [6.45, 7) is 3.84. The first-order valence-electron chi connectivity index (χ1n) is 7.04. The second-order valence-electron chi connectivity index (χ2n) is 5.02. The van der Waals surface area contributed by atoms with Crippen LogP contribution in [0.4, 0.5) is 0 Å². The van der Waals surface area contributed by atoms with Crippen molar-refractivity contribution in [3.05, 3.63) is 41.9 Å². The van der Waals surface area contributed by atoms with Crippen LogP contribution in [0.5, 0.6) is 0 Å². The third kappa shape index (κ3) is 3.52. The fraction of sp³-hybridized carbons (Fsp3) is 0.312. The van der Waals surface area contributed by atoms with Crippen molar-refractivity contribution in [2.75, 3.05) is 13.1 Å². The molecule has 0 spiro atoms. The summed E-state index contributed by atoms with van der Waals surface area (Å²) in [7, 11) is 0. The van der Waals surface area contributed by atoms with E-state index in [1.807, 2.05) is 38.1 Å². The molecule has 0 fully saturated rings. The van der Waals surface area contributed by atoms with Gasteiger partial charge in [-0.1, -0.05) is 36.8 Å². The minimum absolute atomic E-state index is 0.138. The molecule has 1 aromatic carbocycles. The van der Waals surface area contributed by atoms with Crippen molar-refractivity contribution in [1.82, 2.24) is 9.88 Å². The lowest BCUT2D eigenvalue weighted by atomic mass is 10.1. The standard InChI is InChI=1S/C16H18N2O4/c1-3-8-18(9-13(19)20)16(21)14-15(22-10-17-14)12-6-4-11(2)5-7-12/h4-7,10H,3,8-9H2,1-2H3,(H,19,20). The van der Waals surface area contributed by atoms with Gasteiger partial charge in [-0.2, -0.15) is 0 Å². The molecular weight excluding hydrogens is 284 g/mol. The lowest BCUT2D eigenvalue weighted by Crippen LogP contribution is -2.36. The monoisotopic (exact) mass is 302 g/mol. The Hall–Kier alpha value is -2.63. The van der Waals surface area contributed by atoms with Crippen molar-refractivity contribution < 1.29 is 19.1 Å². The van der Waals surface area contributed by atoms with E-state index >= 15 is 0 Å². The molecule has 1 heterocycles. The van der Waals surface area contributed by atoms with Crippen molar-refractivity contribution in [3.63, 3.8) is 0 Å². The Labute approximate surface area is 128 Å². The van der Waals surface area contributed by atoms with Gasteiger partial charge in [0, 0.05) is 12.1 Å². The number of rotatable bonds is 6. The zero-order chi connectivity index (χ0) is 16.1. The summed E-state index contributed by atoms with van der Waals surface area (Å²) in [5, 5.41) is 8.94. The second kappa shape index (κ2) is 6.89. The van der Waals surface area contributed by atoms with E-state index in [0.29, 0.717) is 18.7 Å². The van der Waals surface area contributed by atoms with E-state index in [1.54, 1.807) is 0 Å². The highest BCUT2D eigenvalue weighted by atomic mass is 16.4. The Morgan fingerprint density at radius 2 is 1.95 bits per heavy atom. The number of carbonyl (C=O) groups excluding carboxylic acids is 1. The average Bonchev–Trinajstić information content (AvgIpc) is 2.96. The van der Waals surface area contributed by atoms with Gasteiger partial charge in [0.2, 0.25) is 0 Å². The molecular formula is C16H18N2O4. The number of aliphatic carboxylic acids is 1. The third-order valence-electron chi connectivity index (χ3n) is 3.19. The highest BCUT2D eigenvalue weighted by Crippen LogP contribution is 2.24. The lowest BCUT2D eigenvalue weighted by molar-refractivity contribution is -0.137. The fourth-order valence-electron chi connectivity index (χ4n) is 2.14. The van der Waals surface area contributed by atoms with Crippen LogP contribution in [0.15, 0.2) is 35.1 Å². The van der Waals surface area contributed by atoms with Gasteiger partial charge in [0.15, 0.2) is 17.8 Å². The molecule has 0 aliphatic carbocycles. The number of benzene rings is 1. The van der Waals surface area contributed by atoms with Crippen LogP contribution in [0.1, 0.15) is 29.4 Å². The molecule has 0 aliphatic rings. The highest BCUT2D eigenvalue weighted by Gasteiger charge is 2.24. The van der Waals surface area contributed by atoms with Crippen LogP contribution in [0.25, 0.3) is 11.3 Å². The molecule has 1 N–H and O–H groups in total. The average molecular weight is 302 g/mol. The number of aromatic nitrogens is 1. The maximum Gasteiger partial charge on any atom is 0.323 e. The number of carboxylic acid groups (broad SMARTS) is 1. The minimum atomic E-state index is -1.05. The van der Waals surface area contributed by atoms with Crippen LogP contribution in [0, 0.1) is 6.92 Å². The Balaban J connectivity index is 2.32. The van der Waals surface area contributed by atoms with Crippen LogP contribution in [0.2, 0.25) is 0 Å². The van der Waals surface area contributed by atoms with Gasteiger partial charge in [0.25, 0.3) is 5.91 Å². The van der Waals surface area contributed by atoms with E-state index in [4.69, 9.17) is 9.52 Å². The Bertz CT molecular complexity index is 661. The topological polar surface area (TPSA) is 83.6 Å². The molecule has 2 rings (SSSR count). The van der Waals surface area contributed by atoms with Crippen molar-refractivity contribution in [2.45, 2.75) is 20.3 Å². The fourth-order valence-corrected chi connectivity index (χ4v) is 2.14. The van der Waals surface area contributed by atoms with Crippen molar-refractivity contribution >= 4 is 11.9 Å². The molecule has 0 bridgehead atoms. The molecule has 0 atom stereocenters. The second-order valence-corrected chi connectivity index (χ2v) is 5.02. The summed E-state index contributed by atoms with van der Waals surface area (Å²) in [6.07, 6.45) is 1.87. The van der Waals surface area contributed by atoms with Gasteiger partial charge >= 0.3 is 5.97 Å². The highest BCUT2D eigenvalue weighted by molar-refractivity contribution is 5.98. The maximum atomic E-state index is 12.5. The van der Waals surface area contributed by atoms with E-state index in [-0.39, 0.29) is 12.2 Å². The molecule has 1 aromatic heterocycles. The molecule has 0 saturated heterocycles. The van der Waals surface area contributed by atoms with Crippen molar-refractivity contribution in [1.29, 1.82) is 0 Å². The predicted molar refractivity (Wildman–Crippen MR) is 80.5 cm³/mol. The van der Waals surface area contributed by atoms with Crippen LogP contribution in [-0.2, 0) is 4.79 Å². The van der Waals surface area contributed by atoms with Crippen LogP contribution >= 0.6 is 0 Å². The van der Waals surface area contributed by atoms with E-state index in [2.05, 4.69) is 4.98 Å². The molecule has 2 aromatic rings. The molecule has 0 radical (unpaired) electrons.